The number of nitrogens with two attached hydrogens (primary N) is 1. The van der Waals surface area contributed by atoms with Crippen molar-refractivity contribution in [1.82, 2.24) is 4.98 Å². The molecule has 1 fully saturated rings. The standard InChI is InChI=1S/C17H20FN3O2S/c1-10-15(8-11-4-2-3-5-13(11)18)24-17(20-10)21-16(22)14-7-6-12(9-19)23-14/h2-5,12,14H,6-9,19H2,1H3,(H,20,21,22)/t12-,14+/m1/s1. The Kier molecular flexibility index (Phi) is 5.23. The van der Waals surface area contributed by atoms with Gasteiger partial charge in [0.1, 0.15) is 11.9 Å². The first-order chi connectivity index (χ1) is 11.6. The first kappa shape index (κ1) is 17.0. The number of hydrogen-bond donors (Lipinski definition) is 2. The van der Waals surface area contributed by atoms with Crippen molar-refractivity contribution in [2.45, 2.75) is 38.4 Å². The number of carbonyl (C=O) groups excluding carboxylic acids is 1. The van der Waals surface area contributed by atoms with Gasteiger partial charge in [-0.15, -0.1) is 11.3 Å². The predicted octanol–water partition coefficient (Wildman–Crippen LogP) is 2.63. The number of thiazole rings is 1. The van der Waals surface area contributed by atoms with Crippen LogP contribution in [0.25, 0.3) is 0 Å². The summed E-state index contributed by atoms with van der Waals surface area (Å²) >= 11 is 1.37. The first-order valence-electron chi connectivity index (χ1n) is 7.93. The minimum Gasteiger partial charge on any atom is -0.364 e. The van der Waals surface area contributed by atoms with Gasteiger partial charge in [-0.1, -0.05) is 18.2 Å². The molecule has 2 heterocycles. The van der Waals surface area contributed by atoms with Gasteiger partial charge in [0, 0.05) is 17.8 Å². The summed E-state index contributed by atoms with van der Waals surface area (Å²) < 4.78 is 19.4. The van der Waals surface area contributed by atoms with Crippen molar-refractivity contribution in [3.05, 3.63) is 46.2 Å². The van der Waals surface area contributed by atoms with Gasteiger partial charge in [-0.2, -0.15) is 0 Å². The summed E-state index contributed by atoms with van der Waals surface area (Å²) in [4.78, 5) is 17.5. The molecule has 1 aliphatic rings. The first-order valence-corrected chi connectivity index (χ1v) is 8.74. The van der Waals surface area contributed by atoms with Crippen LogP contribution in [0.15, 0.2) is 24.3 Å². The number of ether oxygens (including phenoxy) is 1. The molecular weight excluding hydrogens is 329 g/mol. The third-order valence-electron chi connectivity index (χ3n) is 4.09. The van der Waals surface area contributed by atoms with Crippen molar-refractivity contribution >= 4 is 22.4 Å². The van der Waals surface area contributed by atoms with Gasteiger partial charge < -0.3 is 10.5 Å². The van der Waals surface area contributed by atoms with Crippen LogP contribution >= 0.6 is 11.3 Å². The second-order valence-electron chi connectivity index (χ2n) is 5.84. The molecule has 2 aromatic rings. The molecule has 0 aliphatic carbocycles. The van der Waals surface area contributed by atoms with Gasteiger partial charge in [0.15, 0.2) is 5.13 Å². The SMILES string of the molecule is Cc1nc(NC(=O)[C@@H]2CC[C@H](CN)O2)sc1Cc1ccccc1F. The Morgan fingerprint density at radius 2 is 2.25 bits per heavy atom. The summed E-state index contributed by atoms with van der Waals surface area (Å²) in [7, 11) is 0. The fourth-order valence-corrected chi connectivity index (χ4v) is 3.71. The predicted molar refractivity (Wildman–Crippen MR) is 91.6 cm³/mol. The van der Waals surface area contributed by atoms with Gasteiger partial charge >= 0.3 is 0 Å². The van der Waals surface area contributed by atoms with Crippen molar-refractivity contribution in [3.63, 3.8) is 0 Å². The smallest absolute Gasteiger partial charge is 0.255 e. The number of halogens is 1. The monoisotopic (exact) mass is 349 g/mol. The van der Waals surface area contributed by atoms with Crippen LogP contribution in [0.5, 0.6) is 0 Å². The number of carbonyl (C=O) groups is 1. The van der Waals surface area contributed by atoms with Crippen molar-refractivity contribution in [2.75, 3.05) is 11.9 Å². The van der Waals surface area contributed by atoms with E-state index in [1.54, 1.807) is 12.1 Å². The average Bonchev–Trinajstić information content (AvgIpc) is 3.17. The largest absolute Gasteiger partial charge is 0.364 e. The highest BCUT2D eigenvalue weighted by Gasteiger charge is 2.30. The van der Waals surface area contributed by atoms with Gasteiger partial charge in [-0.05, 0) is 31.4 Å². The summed E-state index contributed by atoms with van der Waals surface area (Å²) in [5.74, 6) is -0.430. The molecule has 1 aliphatic heterocycles. The second kappa shape index (κ2) is 7.38. The van der Waals surface area contributed by atoms with Gasteiger partial charge in [-0.25, -0.2) is 9.37 Å². The number of amides is 1. The number of aromatic nitrogens is 1. The molecule has 1 amide bonds. The highest BCUT2D eigenvalue weighted by Crippen LogP contribution is 2.27. The maximum absolute atomic E-state index is 13.8. The van der Waals surface area contributed by atoms with Crippen LogP contribution in [0.1, 0.15) is 29.0 Å². The van der Waals surface area contributed by atoms with Crippen LogP contribution in [0.4, 0.5) is 9.52 Å². The minimum absolute atomic E-state index is 0.0459. The second-order valence-corrected chi connectivity index (χ2v) is 6.93. The van der Waals surface area contributed by atoms with E-state index in [9.17, 15) is 9.18 Å². The van der Waals surface area contributed by atoms with Crippen LogP contribution in [0.3, 0.4) is 0 Å². The Balaban J connectivity index is 1.66. The maximum atomic E-state index is 13.8. The van der Waals surface area contributed by atoms with E-state index in [4.69, 9.17) is 10.5 Å². The molecule has 0 spiro atoms. The molecule has 0 saturated carbocycles. The zero-order chi connectivity index (χ0) is 17.1. The summed E-state index contributed by atoms with van der Waals surface area (Å²) in [5.41, 5.74) is 6.97. The third-order valence-corrected chi connectivity index (χ3v) is 5.17. The van der Waals surface area contributed by atoms with Crippen LogP contribution < -0.4 is 11.1 Å². The Morgan fingerprint density at radius 3 is 2.96 bits per heavy atom. The molecule has 128 valence electrons. The number of hydrogen-bond acceptors (Lipinski definition) is 5. The van der Waals surface area contributed by atoms with Crippen molar-refractivity contribution in [1.29, 1.82) is 0 Å². The topological polar surface area (TPSA) is 77.2 Å². The summed E-state index contributed by atoms with van der Waals surface area (Å²) in [6, 6.07) is 6.68. The lowest BCUT2D eigenvalue weighted by Gasteiger charge is -2.11. The highest BCUT2D eigenvalue weighted by molar-refractivity contribution is 7.15. The molecule has 0 unspecified atom stereocenters. The van der Waals surface area contributed by atoms with Gasteiger partial charge in [0.2, 0.25) is 0 Å². The van der Waals surface area contributed by atoms with Gasteiger partial charge in [0.05, 0.1) is 11.8 Å². The molecule has 0 radical (unpaired) electrons. The lowest BCUT2D eigenvalue weighted by molar-refractivity contribution is -0.126. The van der Waals surface area contributed by atoms with Crippen LogP contribution in [-0.2, 0) is 16.0 Å². The van der Waals surface area contributed by atoms with Crippen molar-refractivity contribution in [2.24, 2.45) is 5.73 Å². The zero-order valence-corrected chi connectivity index (χ0v) is 14.2. The fourth-order valence-electron chi connectivity index (χ4n) is 2.72. The molecular formula is C17H20FN3O2S. The van der Waals surface area contributed by atoms with Gasteiger partial charge in [-0.3, -0.25) is 10.1 Å². The van der Waals surface area contributed by atoms with E-state index < -0.39 is 6.10 Å². The molecule has 1 saturated heterocycles. The molecule has 2 atom stereocenters. The Morgan fingerprint density at radius 1 is 1.46 bits per heavy atom. The van der Waals surface area contributed by atoms with Crippen molar-refractivity contribution in [3.8, 4) is 0 Å². The van der Waals surface area contributed by atoms with E-state index in [-0.39, 0.29) is 17.8 Å². The lowest BCUT2D eigenvalue weighted by atomic mass is 10.1. The number of nitrogens with one attached hydrogen (secondary N) is 1. The zero-order valence-electron chi connectivity index (χ0n) is 13.4. The summed E-state index contributed by atoms with van der Waals surface area (Å²) in [6.07, 6.45) is 1.40. The molecule has 1 aromatic heterocycles. The van der Waals surface area contributed by atoms with E-state index in [2.05, 4.69) is 10.3 Å². The van der Waals surface area contributed by atoms with E-state index in [0.717, 1.165) is 17.0 Å². The fraction of sp³-hybridized carbons (Fsp3) is 0.412. The van der Waals surface area contributed by atoms with E-state index in [1.807, 2.05) is 13.0 Å². The van der Waals surface area contributed by atoms with Crippen LogP contribution in [0.2, 0.25) is 0 Å². The Labute approximate surface area is 144 Å². The lowest BCUT2D eigenvalue weighted by Crippen LogP contribution is -2.29. The molecule has 0 bridgehead atoms. The average molecular weight is 349 g/mol. The number of nitrogens with zero attached hydrogens (tertiary/aromatic N) is 1. The molecule has 5 nitrogen and oxygen atoms in total. The van der Waals surface area contributed by atoms with Crippen molar-refractivity contribution < 1.29 is 13.9 Å². The molecule has 7 heteroatoms. The third kappa shape index (κ3) is 3.80. The maximum Gasteiger partial charge on any atom is 0.255 e. The normalized spacial score (nSPS) is 20.3. The van der Waals surface area contributed by atoms with Crippen LogP contribution in [0, 0.1) is 12.7 Å². The summed E-state index contributed by atoms with van der Waals surface area (Å²) in [6.45, 7) is 2.28. The number of benzene rings is 1. The number of anilines is 1. The van der Waals surface area contributed by atoms with E-state index >= 15 is 0 Å². The van der Waals surface area contributed by atoms with E-state index in [1.165, 1.54) is 17.4 Å². The number of rotatable bonds is 5. The minimum atomic E-state index is -0.474. The Hall–Kier alpha value is -1.83. The van der Waals surface area contributed by atoms with Crippen LogP contribution in [-0.4, -0.2) is 29.6 Å². The van der Waals surface area contributed by atoms with E-state index in [0.29, 0.717) is 30.1 Å². The number of aryl methyl sites for hydroxylation is 1. The molecule has 3 N–H and O–H groups in total. The van der Waals surface area contributed by atoms with Gasteiger partial charge in [0.25, 0.3) is 5.91 Å². The highest BCUT2D eigenvalue weighted by atomic mass is 32.1. The molecule has 24 heavy (non-hydrogen) atoms. The Bertz CT molecular complexity index is 734. The molecule has 1 aromatic carbocycles. The quantitative estimate of drug-likeness (QED) is 0.870. The molecule has 3 rings (SSSR count). The summed E-state index contributed by atoms with van der Waals surface area (Å²) in [5, 5.41) is 3.32.